The number of hydrogen-bond donors (Lipinski definition) is 3. The highest BCUT2D eigenvalue weighted by molar-refractivity contribution is 5.97. The highest BCUT2D eigenvalue weighted by atomic mass is 16.6. The first-order valence-electron chi connectivity index (χ1n) is 12.9. The van der Waals surface area contributed by atoms with Gasteiger partial charge in [0.1, 0.15) is 11.4 Å². The fourth-order valence-electron chi connectivity index (χ4n) is 3.25. The van der Waals surface area contributed by atoms with Gasteiger partial charge in [0.15, 0.2) is 11.8 Å². The lowest BCUT2D eigenvalue weighted by Gasteiger charge is -2.26. The summed E-state index contributed by atoms with van der Waals surface area (Å²) in [6.07, 6.45) is -1.64. The van der Waals surface area contributed by atoms with Crippen LogP contribution in [0.15, 0.2) is 40.8 Å². The van der Waals surface area contributed by atoms with E-state index in [0.717, 1.165) is 0 Å². The molecule has 2 unspecified atom stereocenters. The van der Waals surface area contributed by atoms with Crippen LogP contribution in [0, 0.1) is 23.7 Å². The minimum absolute atomic E-state index is 0.109. The first-order chi connectivity index (χ1) is 19.4. The molecule has 2 amide bonds. The van der Waals surface area contributed by atoms with Gasteiger partial charge in [-0.05, 0) is 81.9 Å². The fourth-order valence-corrected chi connectivity index (χ4v) is 3.25. The minimum atomic E-state index is -1.18. The molecular weight excluding hydrogens is 532 g/mol. The third-order valence-corrected chi connectivity index (χ3v) is 5.23. The molecule has 11 heteroatoms. The number of aliphatic hydroxyl groups is 2. The normalized spacial score (nSPS) is 12.1. The first kappa shape index (κ1) is 32.9. The van der Waals surface area contributed by atoms with Crippen LogP contribution < -0.4 is 5.32 Å². The SMILES string of the molecule is COC(=O)C(NC(=O)c1ccc(C#CC#Cc2ccc(CN(CCOCCO)C(=O)OC(C)(C)C)o2)cc1)C(C)O. The molecule has 220 valence electrons. The highest BCUT2D eigenvalue weighted by Crippen LogP contribution is 2.14. The van der Waals surface area contributed by atoms with Gasteiger partial charge in [0.05, 0.1) is 39.6 Å². The van der Waals surface area contributed by atoms with Gasteiger partial charge in [0, 0.05) is 17.7 Å². The third-order valence-electron chi connectivity index (χ3n) is 5.23. The molecule has 0 aliphatic heterocycles. The van der Waals surface area contributed by atoms with Gasteiger partial charge in [-0.3, -0.25) is 9.69 Å². The van der Waals surface area contributed by atoms with Gasteiger partial charge in [-0.1, -0.05) is 5.92 Å². The number of ether oxygens (including phenoxy) is 3. The van der Waals surface area contributed by atoms with Crippen molar-refractivity contribution in [3.63, 3.8) is 0 Å². The lowest BCUT2D eigenvalue weighted by atomic mass is 10.1. The number of nitrogens with one attached hydrogen (secondary N) is 1. The molecule has 0 radical (unpaired) electrons. The van der Waals surface area contributed by atoms with Crippen molar-refractivity contribution in [2.75, 3.05) is 33.5 Å². The fraction of sp³-hybridized carbons (Fsp3) is 0.433. The second-order valence-corrected chi connectivity index (χ2v) is 9.80. The number of nitrogens with zero attached hydrogens (tertiary/aromatic N) is 1. The Hall–Kier alpha value is -4.29. The van der Waals surface area contributed by atoms with Crippen molar-refractivity contribution in [2.24, 2.45) is 0 Å². The van der Waals surface area contributed by atoms with E-state index in [-0.39, 0.29) is 38.5 Å². The van der Waals surface area contributed by atoms with E-state index in [4.69, 9.17) is 19.0 Å². The molecule has 0 aliphatic carbocycles. The summed E-state index contributed by atoms with van der Waals surface area (Å²) >= 11 is 0. The standard InChI is InChI=1S/C30H36N2O9/c1-21(34)26(28(36)38-5)31-27(35)23-12-10-22(11-13-23)8-6-7-9-24-14-15-25(40-24)20-32(16-18-39-19-17-33)29(37)41-30(2,3)4/h10-15,21,26,33-34H,16-20H2,1-5H3,(H,31,35). The summed E-state index contributed by atoms with van der Waals surface area (Å²) in [4.78, 5) is 38.2. The lowest BCUT2D eigenvalue weighted by molar-refractivity contribution is -0.145. The minimum Gasteiger partial charge on any atom is -0.467 e. The van der Waals surface area contributed by atoms with E-state index in [2.05, 4.69) is 33.7 Å². The summed E-state index contributed by atoms with van der Waals surface area (Å²) in [6, 6.07) is 8.51. The largest absolute Gasteiger partial charge is 0.467 e. The van der Waals surface area contributed by atoms with E-state index < -0.39 is 35.7 Å². The van der Waals surface area contributed by atoms with Crippen LogP contribution in [0.5, 0.6) is 0 Å². The molecule has 2 atom stereocenters. The quantitative estimate of drug-likeness (QED) is 0.211. The third kappa shape index (κ3) is 11.8. The molecule has 0 spiro atoms. The Balaban J connectivity index is 2.01. The number of hydrogen-bond acceptors (Lipinski definition) is 9. The zero-order valence-electron chi connectivity index (χ0n) is 23.9. The van der Waals surface area contributed by atoms with Crippen molar-refractivity contribution in [1.29, 1.82) is 0 Å². The van der Waals surface area contributed by atoms with Gasteiger partial charge in [-0.25, -0.2) is 9.59 Å². The number of rotatable bonds is 11. The van der Waals surface area contributed by atoms with Crippen LogP contribution >= 0.6 is 0 Å². The molecule has 41 heavy (non-hydrogen) atoms. The van der Waals surface area contributed by atoms with E-state index in [1.807, 2.05) is 0 Å². The molecule has 1 heterocycles. The predicted octanol–water partition coefficient (Wildman–Crippen LogP) is 2.08. The monoisotopic (exact) mass is 568 g/mol. The van der Waals surface area contributed by atoms with Crippen molar-refractivity contribution in [2.45, 2.75) is 52.0 Å². The summed E-state index contributed by atoms with van der Waals surface area (Å²) < 4.78 is 21.1. The average Bonchev–Trinajstić information content (AvgIpc) is 3.37. The maximum absolute atomic E-state index is 12.6. The smallest absolute Gasteiger partial charge is 0.410 e. The maximum atomic E-state index is 12.6. The number of aliphatic hydroxyl groups excluding tert-OH is 2. The van der Waals surface area contributed by atoms with Crippen LogP contribution in [0.3, 0.4) is 0 Å². The number of carbonyl (C=O) groups is 3. The Morgan fingerprint density at radius 2 is 1.73 bits per heavy atom. The number of methoxy groups -OCH3 is 1. The Labute approximate surface area is 239 Å². The molecule has 0 saturated heterocycles. The van der Waals surface area contributed by atoms with Crippen molar-refractivity contribution < 1.29 is 43.2 Å². The zero-order valence-corrected chi connectivity index (χ0v) is 23.9. The molecular formula is C30H36N2O9. The van der Waals surface area contributed by atoms with Gasteiger partial charge < -0.3 is 34.2 Å². The number of carbonyl (C=O) groups excluding carboxylic acids is 3. The van der Waals surface area contributed by atoms with E-state index in [9.17, 15) is 19.5 Å². The van der Waals surface area contributed by atoms with Crippen LogP contribution in [0.1, 0.15) is 55.1 Å². The molecule has 2 rings (SSSR count). The predicted molar refractivity (Wildman–Crippen MR) is 148 cm³/mol. The van der Waals surface area contributed by atoms with Crippen molar-refractivity contribution in [3.8, 4) is 23.7 Å². The van der Waals surface area contributed by atoms with E-state index >= 15 is 0 Å². The molecule has 3 N–H and O–H groups in total. The molecule has 0 fully saturated rings. The molecule has 0 aliphatic rings. The topological polar surface area (TPSA) is 148 Å². The Morgan fingerprint density at radius 3 is 2.34 bits per heavy atom. The van der Waals surface area contributed by atoms with Crippen LogP contribution in [0.4, 0.5) is 4.79 Å². The zero-order chi connectivity index (χ0) is 30.4. The average molecular weight is 569 g/mol. The summed E-state index contributed by atoms with van der Waals surface area (Å²) in [5.41, 5.74) is 0.214. The number of furan rings is 1. The summed E-state index contributed by atoms with van der Waals surface area (Å²) in [5, 5.41) is 21.0. The number of benzene rings is 1. The second-order valence-electron chi connectivity index (χ2n) is 9.80. The van der Waals surface area contributed by atoms with Gasteiger partial charge in [-0.2, -0.15) is 0 Å². The molecule has 0 saturated carbocycles. The molecule has 2 aromatic rings. The summed E-state index contributed by atoms with van der Waals surface area (Å²) in [5.74, 6) is 10.6. The van der Waals surface area contributed by atoms with Crippen molar-refractivity contribution in [1.82, 2.24) is 10.2 Å². The van der Waals surface area contributed by atoms with Crippen LogP contribution in [-0.2, 0) is 25.5 Å². The van der Waals surface area contributed by atoms with Crippen LogP contribution in [0.2, 0.25) is 0 Å². The summed E-state index contributed by atoms with van der Waals surface area (Å²) in [7, 11) is 1.17. The van der Waals surface area contributed by atoms with E-state index in [1.165, 1.54) is 31.1 Å². The highest BCUT2D eigenvalue weighted by Gasteiger charge is 2.27. The van der Waals surface area contributed by atoms with Crippen molar-refractivity contribution in [3.05, 3.63) is 59.0 Å². The number of amides is 2. The van der Waals surface area contributed by atoms with Crippen LogP contribution in [-0.4, -0.2) is 84.3 Å². The van der Waals surface area contributed by atoms with Gasteiger partial charge in [-0.15, -0.1) is 0 Å². The summed E-state index contributed by atoms with van der Waals surface area (Å²) in [6.45, 7) is 7.38. The lowest BCUT2D eigenvalue weighted by Crippen LogP contribution is -2.48. The van der Waals surface area contributed by atoms with Gasteiger partial charge in [0.2, 0.25) is 0 Å². The first-order valence-corrected chi connectivity index (χ1v) is 12.9. The molecule has 0 bridgehead atoms. The van der Waals surface area contributed by atoms with E-state index in [1.54, 1.807) is 45.0 Å². The Morgan fingerprint density at radius 1 is 1.05 bits per heavy atom. The second kappa shape index (κ2) is 16.1. The molecule has 1 aromatic carbocycles. The molecule has 1 aromatic heterocycles. The molecule has 11 nitrogen and oxygen atoms in total. The van der Waals surface area contributed by atoms with Gasteiger partial charge in [0.25, 0.3) is 5.91 Å². The van der Waals surface area contributed by atoms with Crippen molar-refractivity contribution >= 4 is 18.0 Å². The van der Waals surface area contributed by atoms with Crippen LogP contribution in [0.25, 0.3) is 0 Å². The van der Waals surface area contributed by atoms with E-state index in [0.29, 0.717) is 17.1 Å². The number of esters is 1. The Bertz CT molecular complexity index is 1290. The maximum Gasteiger partial charge on any atom is 0.410 e. The van der Waals surface area contributed by atoms with Gasteiger partial charge >= 0.3 is 12.1 Å². The Kier molecular flexibility index (Phi) is 12.9.